The van der Waals surface area contributed by atoms with Gasteiger partial charge in [-0.1, -0.05) is 45.6 Å². The predicted molar refractivity (Wildman–Crippen MR) is 73.2 cm³/mol. The minimum absolute atomic E-state index is 0.123. The van der Waals surface area contributed by atoms with Crippen molar-refractivity contribution >= 4 is 0 Å². The lowest BCUT2D eigenvalue weighted by molar-refractivity contribution is 0.167. The number of benzene rings is 1. The molecule has 0 spiro atoms. The van der Waals surface area contributed by atoms with Gasteiger partial charge in [-0.3, -0.25) is 0 Å². The molecular weight excluding hydrogens is 228 g/mol. The normalized spacial score (nSPS) is 10.8. The Morgan fingerprint density at radius 2 is 1.67 bits per heavy atom. The summed E-state index contributed by atoms with van der Waals surface area (Å²) in [5.74, 6) is 0.0972. The number of aromatic hydroxyl groups is 2. The predicted octanol–water partition coefficient (Wildman–Crippen LogP) is 4.23. The van der Waals surface area contributed by atoms with E-state index >= 15 is 0 Å². The Labute approximate surface area is 109 Å². The van der Waals surface area contributed by atoms with Gasteiger partial charge in [-0.25, -0.2) is 0 Å². The van der Waals surface area contributed by atoms with Gasteiger partial charge in [-0.05, 0) is 25.0 Å². The van der Waals surface area contributed by atoms with Crippen LogP contribution in [-0.4, -0.2) is 16.3 Å². The molecular formula is C15H24O3. The highest BCUT2D eigenvalue weighted by molar-refractivity contribution is 5.48. The topological polar surface area (TPSA) is 49.7 Å². The first-order chi connectivity index (χ1) is 8.69. The Morgan fingerprint density at radius 3 is 2.22 bits per heavy atom. The van der Waals surface area contributed by atoms with E-state index < -0.39 is 0 Å². The van der Waals surface area contributed by atoms with E-state index in [0.717, 1.165) is 38.5 Å². The van der Waals surface area contributed by atoms with Crippen LogP contribution in [0.3, 0.4) is 0 Å². The Hall–Kier alpha value is -1.38. The average Bonchev–Trinajstić information content (AvgIpc) is 2.38. The zero-order chi connectivity index (χ0) is 13.4. The van der Waals surface area contributed by atoms with Crippen LogP contribution in [0, 0.1) is 0 Å². The molecule has 0 radical (unpaired) electrons. The Morgan fingerprint density at radius 1 is 1.06 bits per heavy atom. The summed E-state index contributed by atoms with van der Waals surface area (Å²) in [6.07, 6.45) is 6.62. The lowest BCUT2D eigenvalue weighted by atomic mass is 10.1. The van der Waals surface area contributed by atoms with Gasteiger partial charge < -0.3 is 14.9 Å². The molecule has 0 saturated carbocycles. The monoisotopic (exact) mass is 252 g/mol. The van der Waals surface area contributed by atoms with E-state index in [4.69, 9.17) is 4.74 Å². The second-order valence-corrected chi connectivity index (χ2v) is 4.65. The van der Waals surface area contributed by atoms with E-state index in [1.54, 1.807) is 12.1 Å². The minimum atomic E-state index is -0.157. The van der Waals surface area contributed by atoms with Crippen molar-refractivity contribution in [2.75, 3.05) is 0 Å². The van der Waals surface area contributed by atoms with Crippen molar-refractivity contribution in [2.24, 2.45) is 0 Å². The number of ether oxygens (including phenoxy) is 1. The average molecular weight is 252 g/mol. The van der Waals surface area contributed by atoms with Gasteiger partial charge >= 0.3 is 0 Å². The maximum atomic E-state index is 9.72. The number of unbranched alkanes of at least 4 members (excludes halogenated alkanes) is 2. The molecule has 3 nitrogen and oxygen atoms in total. The van der Waals surface area contributed by atoms with Crippen molar-refractivity contribution in [1.82, 2.24) is 0 Å². The summed E-state index contributed by atoms with van der Waals surface area (Å²) >= 11 is 0. The standard InChI is InChI=1S/C15H24O3/c1-3-5-8-12(9-6-4-2)18-14-11-7-10-13(16)15(14)17/h7,10-12,16-17H,3-6,8-9H2,1-2H3. The van der Waals surface area contributed by atoms with Gasteiger partial charge in [-0.2, -0.15) is 0 Å². The van der Waals surface area contributed by atoms with E-state index in [2.05, 4.69) is 13.8 Å². The highest BCUT2D eigenvalue weighted by Crippen LogP contribution is 2.35. The van der Waals surface area contributed by atoms with E-state index in [-0.39, 0.29) is 17.6 Å². The first-order valence-corrected chi connectivity index (χ1v) is 6.86. The van der Waals surface area contributed by atoms with E-state index in [1.165, 1.54) is 6.07 Å². The molecule has 0 bridgehead atoms. The molecule has 0 unspecified atom stereocenters. The van der Waals surface area contributed by atoms with Gasteiger partial charge in [0.1, 0.15) is 0 Å². The maximum Gasteiger partial charge on any atom is 0.200 e. The van der Waals surface area contributed by atoms with Crippen molar-refractivity contribution in [3.63, 3.8) is 0 Å². The fraction of sp³-hybridized carbons (Fsp3) is 0.600. The Bertz CT molecular complexity index is 342. The Balaban J connectivity index is 2.65. The van der Waals surface area contributed by atoms with Crippen LogP contribution in [0.4, 0.5) is 0 Å². The molecule has 0 saturated heterocycles. The third-order valence-electron chi connectivity index (χ3n) is 3.03. The smallest absolute Gasteiger partial charge is 0.200 e. The van der Waals surface area contributed by atoms with Gasteiger partial charge in [0.05, 0.1) is 6.10 Å². The number of para-hydroxylation sites is 1. The first kappa shape index (κ1) is 14.7. The number of hydrogen-bond donors (Lipinski definition) is 2. The molecule has 3 heteroatoms. The third kappa shape index (κ3) is 4.47. The molecule has 0 atom stereocenters. The SMILES string of the molecule is CCCCC(CCCC)Oc1cccc(O)c1O. The zero-order valence-electron chi connectivity index (χ0n) is 11.4. The summed E-state index contributed by atoms with van der Waals surface area (Å²) in [5.41, 5.74) is 0. The van der Waals surface area contributed by atoms with Crippen LogP contribution in [-0.2, 0) is 0 Å². The molecule has 0 amide bonds. The molecule has 0 heterocycles. The molecule has 0 aliphatic rings. The molecule has 1 rings (SSSR count). The summed E-state index contributed by atoms with van der Waals surface area (Å²) in [7, 11) is 0. The largest absolute Gasteiger partial charge is 0.504 e. The molecule has 1 aromatic rings. The third-order valence-corrected chi connectivity index (χ3v) is 3.03. The van der Waals surface area contributed by atoms with E-state index in [9.17, 15) is 10.2 Å². The van der Waals surface area contributed by atoms with Crippen LogP contribution >= 0.6 is 0 Å². The molecule has 0 aliphatic carbocycles. The van der Waals surface area contributed by atoms with Crippen LogP contribution in [0.2, 0.25) is 0 Å². The van der Waals surface area contributed by atoms with Gasteiger partial charge in [-0.15, -0.1) is 0 Å². The number of rotatable bonds is 8. The van der Waals surface area contributed by atoms with Crippen molar-refractivity contribution in [3.05, 3.63) is 18.2 Å². The molecule has 1 aromatic carbocycles. The van der Waals surface area contributed by atoms with Crippen LogP contribution in [0.5, 0.6) is 17.2 Å². The number of hydrogen-bond acceptors (Lipinski definition) is 3. The van der Waals surface area contributed by atoms with Crippen LogP contribution in [0.25, 0.3) is 0 Å². The summed E-state index contributed by atoms with van der Waals surface area (Å²) < 4.78 is 5.82. The lowest BCUT2D eigenvalue weighted by Crippen LogP contribution is -2.16. The summed E-state index contributed by atoms with van der Waals surface area (Å²) in [6, 6.07) is 4.83. The molecule has 18 heavy (non-hydrogen) atoms. The van der Waals surface area contributed by atoms with Crippen LogP contribution in [0.15, 0.2) is 18.2 Å². The maximum absolute atomic E-state index is 9.72. The van der Waals surface area contributed by atoms with Crippen molar-refractivity contribution in [2.45, 2.75) is 58.5 Å². The van der Waals surface area contributed by atoms with Crippen molar-refractivity contribution in [1.29, 1.82) is 0 Å². The quantitative estimate of drug-likeness (QED) is 0.681. The van der Waals surface area contributed by atoms with Gasteiger partial charge in [0.2, 0.25) is 5.75 Å². The van der Waals surface area contributed by atoms with Crippen LogP contribution < -0.4 is 4.74 Å². The molecule has 0 fully saturated rings. The summed E-state index contributed by atoms with van der Waals surface area (Å²) in [6.45, 7) is 4.31. The summed E-state index contributed by atoms with van der Waals surface area (Å²) in [5, 5.41) is 19.2. The number of phenolic OH excluding ortho intramolecular Hbond substituents is 2. The molecule has 2 N–H and O–H groups in total. The second kappa shape index (κ2) is 7.85. The first-order valence-electron chi connectivity index (χ1n) is 6.86. The van der Waals surface area contributed by atoms with Gasteiger partial charge in [0.15, 0.2) is 11.5 Å². The van der Waals surface area contributed by atoms with Crippen molar-refractivity contribution < 1.29 is 14.9 Å². The van der Waals surface area contributed by atoms with Gasteiger partial charge in [0.25, 0.3) is 0 Å². The Kier molecular flexibility index (Phi) is 6.40. The number of phenols is 2. The minimum Gasteiger partial charge on any atom is -0.504 e. The molecule has 0 aliphatic heterocycles. The lowest BCUT2D eigenvalue weighted by Gasteiger charge is -2.19. The highest BCUT2D eigenvalue weighted by Gasteiger charge is 2.14. The van der Waals surface area contributed by atoms with E-state index in [0.29, 0.717) is 5.75 Å². The summed E-state index contributed by atoms with van der Waals surface area (Å²) in [4.78, 5) is 0. The van der Waals surface area contributed by atoms with Crippen LogP contribution in [0.1, 0.15) is 52.4 Å². The van der Waals surface area contributed by atoms with E-state index in [1.807, 2.05) is 0 Å². The zero-order valence-corrected chi connectivity index (χ0v) is 11.4. The molecule has 0 aromatic heterocycles. The second-order valence-electron chi connectivity index (χ2n) is 4.65. The highest BCUT2D eigenvalue weighted by atomic mass is 16.5. The fourth-order valence-electron chi connectivity index (χ4n) is 1.91. The van der Waals surface area contributed by atoms with Gasteiger partial charge in [0, 0.05) is 0 Å². The molecule has 102 valence electrons. The van der Waals surface area contributed by atoms with Crippen molar-refractivity contribution in [3.8, 4) is 17.2 Å². The fourth-order valence-corrected chi connectivity index (χ4v) is 1.91.